The van der Waals surface area contributed by atoms with Gasteiger partial charge in [0.2, 0.25) is 0 Å². The van der Waals surface area contributed by atoms with E-state index in [1.54, 1.807) is 11.8 Å². The van der Waals surface area contributed by atoms with Crippen LogP contribution in [0.2, 0.25) is 0 Å². The Morgan fingerprint density at radius 3 is 2.12 bits per heavy atom. The molecule has 0 bridgehead atoms. The maximum Gasteiger partial charge on any atom is 0.313 e. The summed E-state index contributed by atoms with van der Waals surface area (Å²) in [4.78, 5) is 10.4. The number of hydrogen-bond acceptors (Lipinski definition) is 2. The average molecular weight is 260 g/mol. The highest BCUT2D eigenvalue weighted by Crippen LogP contribution is 2.18. The molecule has 17 heavy (non-hydrogen) atoms. The van der Waals surface area contributed by atoms with E-state index >= 15 is 0 Å². The summed E-state index contributed by atoms with van der Waals surface area (Å²) in [5.41, 5.74) is 0. The molecular weight excluding hydrogens is 232 g/mol. The van der Waals surface area contributed by atoms with Crippen LogP contribution in [0.5, 0.6) is 0 Å². The Morgan fingerprint density at radius 1 is 1.06 bits per heavy atom. The third-order valence-corrected chi connectivity index (χ3v) is 4.17. The van der Waals surface area contributed by atoms with Gasteiger partial charge in [0, 0.05) is 5.25 Å². The first-order valence-corrected chi connectivity index (χ1v) is 8.05. The van der Waals surface area contributed by atoms with Crippen LogP contribution >= 0.6 is 11.8 Å². The maximum absolute atomic E-state index is 10.4. The average Bonchev–Trinajstić information content (AvgIpc) is 2.30. The van der Waals surface area contributed by atoms with Crippen LogP contribution in [-0.2, 0) is 4.79 Å². The second kappa shape index (κ2) is 12.3. The summed E-state index contributed by atoms with van der Waals surface area (Å²) in [6.45, 7) is 4.38. The molecule has 0 aromatic carbocycles. The van der Waals surface area contributed by atoms with E-state index in [-0.39, 0.29) is 5.75 Å². The smallest absolute Gasteiger partial charge is 0.313 e. The maximum atomic E-state index is 10.4. The SMILES string of the molecule is CCCCCCCCCCC(C)SCC(=O)O. The highest BCUT2D eigenvalue weighted by atomic mass is 32.2. The zero-order chi connectivity index (χ0) is 12.9. The van der Waals surface area contributed by atoms with E-state index in [1.165, 1.54) is 51.4 Å². The topological polar surface area (TPSA) is 37.3 Å². The van der Waals surface area contributed by atoms with Crippen LogP contribution in [0.15, 0.2) is 0 Å². The normalized spacial score (nSPS) is 12.6. The van der Waals surface area contributed by atoms with Crippen molar-refractivity contribution in [1.29, 1.82) is 0 Å². The molecule has 0 radical (unpaired) electrons. The molecule has 0 aromatic heterocycles. The third-order valence-electron chi connectivity index (χ3n) is 2.96. The molecular formula is C14H28O2S. The van der Waals surface area contributed by atoms with Crippen molar-refractivity contribution < 1.29 is 9.90 Å². The van der Waals surface area contributed by atoms with Gasteiger partial charge in [-0.3, -0.25) is 4.79 Å². The van der Waals surface area contributed by atoms with E-state index in [0.717, 1.165) is 6.42 Å². The molecule has 0 aliphatic carbocycles. The highest BCUT2D eigenvalue weighted by Gasteiger charge is 2.05. The summed E-state index contributed by atoms with van der Waals surface area (Å²) in [5.74, 6) is -0.448. The number of hydrogen-bond donors (Lipinski definition) is 1. The van der Waals surface area contributed by atoms with Crippen LogP contribution in [0, 0.1) is 0 Å². The Kier molecular flexibility index (Phi) is 12.2. The van der Waals surface area contributed by atoms with Crippen molar-refractivity contribution in [1.82, 2.24) is 0 Å². The van der Waals surface area contributed by atoms with Crippen molar-refractivity contribution >= 4 is 17.7 Å². The summed E-state index contributed by atoms with van der Waals surface area (Å²) < 4.78 is 0. The first-order valence-electron chi connectivity index (χ1n) is 7.00. The van der Waals surface area contributed by atoms with Crippen molar-refractivity contribution in [2.75, 3.05) is 5.75 Å². The minimum Gasteiger partial charge on any atom is -0.481 e. The lowest BCUT2D eigenvalue weighted by Gasteiger charge is -2.09. The second-order valence-corrected chi connectivity index (χ2v) is 6.21. The quantitative estimate of drug-likeness (QED) is 0.516. The Bertz CT molecular complexity index is 183. The Morgan fingerprint density at radius 2 is 1.59 bits per heavy atom. The van der Waals surface area contributed by atoms with Crippen molar-refractivity contribution in [3.8, 4) is 0 Å². The lowest BCUT2D eigenvalue weighted by atomic mass is 10.1. The number of thioether (sulfide) groups is 1. The minimum absolute atomic E-state index is 0.248. The van der Waals surface area contributed by atoms with Gasteiger partial charge >= 0.3 is 5.97 Å². The fourth-order valence-corrected chi connectivity index (χ4v) is 2.62. The van der Waals surface area contributed by atoms with Crippen LogP contribution in [0.1, 0.15) is 71.6 Å². The van der Waals surface area contributed by atoms with Gasteiger partial charge in [0.15, 0.2) is 0 Å². The number of carbonyl (C=O) groups is 1. The predicted molar refractivity (Wildman–Crippen MR) is 76.8 cm³/mol. The number of unbranched alkanes of at least 4 members (excludes halogenated alkanes) is 7. The predicted octanol–water partition coefficient (Wildman–Crippen LogP) is 4.72. The molecule has 0 aromatic rings. The molecule has 0 rings (SSSR count). The van der Waals surface area contributed by atoms with Gasteiger partial charge in [-0.2, -0.15) is 0 Å². The van der Waals surface area contributed by atoms with Crippen LogP contribution in [0.4, 0.5) is 0 Å². The summed E-state index contributed by atoms with van der Waals surface area (Å²) in [6.07, 6.45) is 11.9. The van der Waals surface area contributed by atoms with E-state index in [2.05, 4.69) is 13.8 Å². The van der Waals surface area contributed by atoms with E-state index in [0.29, 0.717) is 5.25 Å². The van der Waals surface area contributed by atoms with E-state index < -0.39 is 5.97 Å². The molecule has 0 heterocycles. The van der Waals surface area contributed by atoms with E-state index in [9.17, 15) is 4.79 Å². The van der Waals surface area contributed by atoms with Gasteiger partial charge in [-0.25, -0.2) is 0 Å². The summed E-state index contributed by atoms with van der Waals surface area (Å²) >= 11 is 1.56. The molecule has 0 spiro atoms. The van der Waals surface area contributed by atoms with Gasteiger partial charge in [-0.05, 0) is 6.42 Å². The first-order chi connectivity index (χ1) is 8.16. The molecule has 0 aliphatic heterocycles. The molecule has 1 unspecified atom stereocenters. The largest absolute Gasteiger partial charge is 0.481 e. The van der Waals surface area contributed by atoms with Crippen LogP contribution < -0.4 is 0 Å². The number of aliphatic carboxylic acids is 1. The second-order valence-electron chi connectivity index (χ2n) is 4.78. The Labute approximate surface area is 111 Å². The molecule has 0 fully saturated rings. The van der Waals surface area contributed by atoms with Crippen molar-refractivity contribution in [2.24, 2.45) is 0 Å². The summed E-state index contributed by atoms with van der Waals surface area (Å²) in [5, 5.41) is 9.05. The van der Waals surface area contributed by atoms with Gasteiger partial charge in [0.25, 0.3) is 0 Å². The van der Waals surface area contributed by atoms with Gasteiger partial charge in [0.05, 0.1) is 5.75 Å². The summed E-state index contributed by atoms with van der Waals surface area (Å²) in [6, 6.07) is 0. The van der Waals surface area contributed by atoms with Crippen molar-refractivity contribution in [2.45, 2.75) is 76.9 Å². The number of carboxylic acids is 1. The molecule has 0 amide bonds. The van der Waals surface area contributed by atoms with Crippen molar-refractivity contribution in [3.63, 3.8) is 0 Å². The Balaban J connectivity index is 3.13. The molecule has 2 nitrogen and oxygen atoms in total. The minimum atomic E-state index is -0.697. The summed E-state index contributed by atoms with van der Waals surface area (Å²) in [7, 11) is 0. The molecule has 1 atom stereocenters. The lowest BCUT2D eigenvalue weighted by molar-refractivity contribution is -0.133. The molecule has 0 saturated carbocycles. The Hall–Kier alpha value is -0.180. The number of carboxylic acid groups (broad SMARTS) is 1. The molecule has 1 N–H and O–H groups in total. The molecule has 102 valence electrons. The number of rotatable bonds is 12. The van der Waals surface area contributed by atoms with Crippen LogP contribution in [0.25, 0.3) is 0 Å². The first kappa shape index (κ1) is 16.8. The van der Waals surface area contributed by atoms with Gasteiger partial charge in [0.1, 0.15) is 0 Å². The van der Waals surface area contributed by atoms with E-state index in [4.69, 9.17) is 5.11 Å². The fourth-order valence-electron chi connectivity index (χ4n) is 1.86. The van der Waals surface area contributed by atoms with E-state index in [1.807, 2.05) is 0 Å². The fraction of sp³-hybridized carbons (Fsp3) is 0.929. The lowest BCUT2D eigenvalue weighted by Crippen LogP contribution is -2.04. The monoisotopic (exact) mass is 260 g/mol. The highest BCUT2D eigenvalue weighted by molar-refractivity contribution is 8.00. The van der Waals surface area contributed by atoms with Crippen LogP contribution in [0.3, 0.4) is 0 Å². The van der Waals surface area contributed by atoms with Gasteiger partial charge in [-0.1, -0.05) is 65.2 Å². The zero-order valence-corrected chi connectivity index (χ0v) is 12.2. The molecule has 3 heteroatoms. The molecule has 0 saturated heterocycles. The zero-order valence-electron chi connectivity index (χ0n) is 11.4. The van der Waals surface area contributed by atoms with Gasteiger partial charge < -0.3 is 5.11 Å². The van der Waals surface area contributed by atoms with Crippen LogP contribution in [-0.4, -0.2) is 22.1 Å². The standard InChI is InChI=1S/C14H28O2S/c1-3-4-5-6-7-8-9-10-11-13(2)17-12-14(15)16/h13H,3-12H2,1-2H3,(H,15,16). The third kappa shape index (κ3) is 13.8. The van der Waals surface area contributed by atoms with Crippen molar-refractivity contribution in [3.05, 3.63) is 0 Å². The van der Waals surface area contributed by atoms with Gasteiger partial charge in [-0.15, -0.1) is 11.8 Å². The molecule has 0 aliphatic rings.